The second kappa shape index (κ2) is 8.33. The number of rotatable bonds is 5. The summed E-state index contributed by atoms with van der Waals surface area (Å²) < 4.78 is 1.37. The number of para-hydroxylation sites is 1. The Kier molecular flexibility index (Phi) is 5.44. The van der Waals surface area contributed by atoms with Gasteiger partial charge < -0.3 is 5.32 Å². The van der Waals surface area contributed by atoms with Gasteiger partial charge in [0.1, 0.15) is 0 Å². The van der Waals surface area contributed by atoms with E-state index < -0.39 is 0 Å². The van der Waals surface area contributed by atoms with Crippen LogP contribution in [0.25, 0.3) is 10.8 Å². The summed E-state index contributed by atoms with van der Waals surface area (Å²) in [6.07, 6.45) is 0.805. The van der Waals surface area contributed by atoms with Crippen LogP contribution in [0.15, 0.2) is 77.6 Å². The van der Waals surface area contributed by atoms with Crippen LogP contribution in [0.2, 0.25) is 0 Å². The van der Waals surface area contributed by atoms with Crippen molar-refractivity contribution in [2.75, 3.05) is 5.32 Å². The van der Waals surface area contributed by atoms with Gasteiger partial charge in [0.15, 0.2) is 5.69 Å². The van der Waals surface area contributed by atoms with Gasteiger partial charge in [0.25, 0.3) is 11.5 Å². The lowest BCUT2D eigenvalue weighted by Gasteiger charge is -2.15. The molecule has 4 rings (SSSR count). The van der Waals surface area contributed by atoms with E-state index >= 15 is 0 Å². The first-order valence-corrected chi connectivity index (χ1v) is 10.0. The number of amides is 1. The Morgan fingerprint density at radius 3 is 2.37 bits per heavy atom. The first-order chi connectivity index (χ1) is 14.6. The second-order valence-corrected chi connectivity index (χ2v) is 7.26. The number of carbonyl (C=O) groups excluding carboxylic acids is 1. The van der Waals surface area contributed by atoms with Crippen molar-refractivity contribution in [1.82, 2.24) is 9.78 Å². The number of nitrogens with one attached hydrogen (secondary N) is 1. The van der Waals surface area contributed by atoms with E-state index in [1.165, 1.54) is 4.68 Å². The molecule has 0 saturated heterocycles. The molecule has 4 aromatic rings. The smallest absolute Gasteiger partial charge is 0.276 e. The van der Waals surface area contributed by atoms with Gasteiger partial charge in [-0.15, -0.1) is 0 Å². The predicted octanol–water partition coefficient (Wildman–Crippen LogP) is 4.57. The summed E-state index contributed by atoms with van der Waals surface area (Å²) in [6, 6.07) is 22.7. The van der Waals surface area contributed by atoms with E-state index in [0.29, 0.717) is 17.3 Å². The summed E-state index contributed by atoms with van der Waals surface area (Å²) >= 11 is 0. The van der Waals surface area contributed by atoms with Crippen molar-refractivity contribution in [3.8, 4) is 0 Å². The first kappa shape index (κ1) is 19.6. The average Bonchev–Trinajstić information content (AvgIpc) is 2.77. The standard InChI is InChI=1S/C25H23N3O2/c1-3-19-13-9-10-17(2)22(19)26-24(29)23-20-14-7-8-15-21(20)25(30)28(27-23)16-18-11-5-4-6-12-18/h4-15H,3,16H2,1-2H3,(H,26,29). The minimum atomic E-state index is -0.322. The van der Waals surface area contributed by atoms with Gasteiger partial charge in [-0.1, -0.05) is 73.7 Å². The molecule has 5 nitrogen and oxygen atoms in total. The summed E-state index contributed by atoms with van der Waals surface area (Å²) in [5.74, 6) is -0.322. The molecule has 0 fully saturated rings. The van der Waals surface area contributed by atoms with Crippen LogP contribution in [-0.2, 0) is 13.0 Å². The van der Waals surface area contributed by atoms with Gasteiger partial charge in [-0.05, 0) is 36.1 Å². The monoisotopic (exact) mass is 397 g/mol. The third kappa shape index (κ3) is 3.74. The van der Waals surface area contributed by atoms with E-state index in [9.17, 15) is 9.59 Å². The van der Waals surface area contributed by atoms with Crippen LogP contribution >= 0.6 is 0 Å². The van der Waals surface area contributed by atoms with E-state index in [1.54, 1.807) is 18.2 Å². The van der Waals surface area contributed by atoms with Crippen LogP contribution in [0, 0.1) is 6.92 Å². The minimum Gasteiger partial charge on any atom is -0.320 e. The quantitative estimate of drug-likeness (QED) is 0.537. The lowest BCUT2D eigenvalue weighted by molar-refractivity contribution is 0.102. The average molecular weight is 397 g/mol. The fourth-order valence-corrected chi connectivity index (χ4v) is 3.64. The molecule has 150 valence electrons. The summed E-state index contributed by atoms with van der Waals surface area (Å²) in [7, 11) is 0. The minimum absolute atomic E-state index is 0.212. The van der Waals surface area contributed by atoms with Crippen LogP contribution < -0.4 is 10.9 Å². The van der Waals surface area contributed by atoms with Gasteiger partial charge in [0.05, 0.1) is 11.9 Å². The number of hydrogen-bond donors (Lipinski definition) is 1. The molecule has 0 radical (unpaired) electrons. The van der Waals surface area contributed by atoms with Crippen LogP contribution in [-0.4, -0.2) is 15.7 Å². The zero-order valence-corrected chi connectivity index (χ0v) is 17.1. The molecular weight excluding hydrogens is 374 g/mol. The number of nitrogens with zero attached hydrogens (tertiary/aromatic N) is 2. The molecule has 5 heteroatoms. The number of hydrogen-bond acceptors (Lipinski definition) is 3. The molecule has 0 spiro atoms. The second-order valence-electron chi connectivity index (χ2n) is 7.26. The predicted molar refractivity (Wildman–Crippen MR) is 120 cm³/mol. The first-order valence-electron chi connectivity index (χ1n) is 10.0. The fourth-order valence-electron chi connectivity index (χ4n) is 3.64. The topological polar surface area (TPSA) is 64.0 Å². The fraction of sp³-hybridized carbons (Fsp3) is 0.160. The molecule has 30 heavy (non-hydrogen) atoms. The molecule has 1 aromatic heterocycles. The van der Waals surface area contributed by atoms with E-state index in [0.717, 1.165) is 28.8 Å². The van der Waals surface area contributed by atoms with Gasteiger partial charge in [-0.25, -0.2) is 4.68 Å². The summed E-state index contributed by atoms with van der Waals surface area (Å²) in [5.41, 5.74) is 3.83. The number of aryl methyl sites for hydroxylation is 2. The molecule has 0 unspecified atom stereocenters. The van der Waals surface area contributed by atoms with Crippen LogP contribution in [0.3, 0.4) is 0 Å². The third-order valence-electron chi connectivity index (χ3n) is 5.24. The summed E-state index contributed by atoms with van der Waals surface area (Å²) in [6.45, 7) is 4.32. The van der Waals surface area contributed by atoms with E-state index in [4.69, 9.17) is 0 Å². The number of fused-ring (bicyclic) bond motifs is 1. The maximum Gasteiger partial charge on any atom is 0.276 e. The normalized spacial score (nSPS) is 10.9. The van der Waals surface area contributed by atoms with Crippen LogP contribution in [0.5, 0.6) is 0 Å². The van der Waals surface area contributed by atoms with Crippen molar-refractivity contribution in [2.45, 2.75) is 26.8 Å². The van der Waals surface area contributed by atoms with Crippen LogP contribution in [0.1, 0.15) is 34.1 Å². The van der Waals surface area contributed by atoms with Crippen molar-refractivity contribution in [3.05, 3.63) is 106 Å². The maximum atomic E-state index is 13.3. The Morgan fingerprint density at radius 1 is 0.933 bits per heavy atom. The van der Waals surface area contributed by atoms with Gasteiger partial charge in [0, 0.05) is 11.1 Å². The Labute approximate surface area is 175 Å². The van der Waals surface area contributed by atoms with Gasteiger partial charge in [-0.2, -0.15) is 5.10 Å². The molecule has 0 aliphatic heterocycles. The van der Waals surface area contributed by atoms with Crippen molar-refractivity contribution in [3.63, 3.8) is 0 Å². The van der Waals surface area contributed by atoms with Crippen molar-refractivity contribution >= 4 is 22.4 Å². The lowest BCUT2D eigenvalue weighted by Crippen LogP contribution is -2.28. The highest BCUT2D eigenvalue weighted by Gasteiger charge is 2.18. The highest BCUT2D eigenvalue weighted by atomic mass is 16.2. The van der Waals surface area contributed by atoms with E-state index in [2.05, 4.69) is 17.3 Å². The van der Waals surface area contributed by atoms with Crippen LogP contribution in [0.4, 0.5) is 5.69 Å². The molecule has 0 aliphatic carbocycles. The highest BCUT2D eigenvalue weighted by Crippen LogP contribution is 2.23. The largest absolute Gasteiger partial charge is 0.320 e. The van der Waals surface area contributed by atoms with Gasteiger partial charge in [0.2, 0.25) is 0 Å². The lowest BCUT2D eigenvalue weighted by atomic mass is 10.1. The molecule has 3 aromatic carbocycles. The van der Waals surface area contributed by atoms with E-state index in [-0.39, 0.29) is 17.2 Å². The molecule has 1 heterocycles. The molecule has 1 N–H and O–H groups in total. The number of aromatic nitrogens is 2. The maximum absolute atomic E-state index is 13.3. The summed E-state index contributed by atoms with van der Waals surface area (Å²) in [5, 5.41) is 8.53. The molecule has 0 atom stereocenters. The molecular formula is C25H23N3O2. The highest BCUT2D eigenvalue weighted by molar-refractivity contribution is 6.11. The van der Waals surface area contributed by atoms with Crippen molar-refractivity contribution < 1.29 is 4.79 Å². The molecule has 1 amide bonds. The number of carbonyl (C=O) groups is 1. The Bertz CT molecular complexity index is 1280. The SMILES string of the molecule is CCc1cccc(C)c1NC(=O)c1nn(Cc2ccccc2)c(=O)c2ccccc12. The third-order valence-corrected chi connectivity index (χ3v) is 5.24. The number of anilines is 1. The molecule has 0 bridgehead atoms. The van der Waals surface area contributed by atoms with Crippen molar-refractivity contribution in [1.29, 1.82) is 0 Å². The van der Waals surface area contributed by atoms with Gasteiger partial charge in [-0.3, -0.25) is 9.59 Å². The number of benzene rings is 3. The summed E-state index contributed by atoms with van der Waals surface area (Å²) in [4.78, 5) is 26.3. The van der Waals surface area contributed by atoms with E-state index in [1.807, 2.05) is 61.5 Å². The Hall–Kier alpha value is -3.73. The Morgan fingerprint density at radius 2 is 1.63 bits per heavy atom. The molecule has 0 saturated carbocycles. The zero-order chi connectivity index (χ0) is 21.1. The van der Waals surface area contributed by atoms with Gasteiger partial charge >= 0.3 is 0 Å². The molecule has 0 aliphatic rings. The Balaban J connectivity index is 1.81. The zero-order valence-electron chi connectivity index (χ0n) is 17.1. The van der Waals surface area contributed by atoms with Crippen molar-refractivity contribution in [2.24, 2.45) is 0 Å².